The van der Waals surface area contributed by atoms with Gasteiger partial charge in [0, 0.05) is 42.6 Å². The van der Waals surface area contributed by atoms with Gasteiger partial charge in [-0.05, 0) is 19.1 Å². The molecule has 0 saturated carbocycles. The topological polar surface area (TPSA) is 79.5 Å². The highest BCUT2D eigenvalue weighted by atomic mass is 16.6. The molecular weight excluding hydrogens is 246 g/mol. The van der Waals surface area contributed by atoms with Gasteiger partial charge >= 0.3 is 0 Å². The summed E-state index contributed by atoms with van der Waals surface area (Å²) in [6, 6.07) is 5.00. The first kappa shape index (κ1) is 13.2. The van der Waals surface area contributed by atoms with E-state index in [1.54, 1.807) is 6.07 Å². The van der Waals surface area contributed by atoms with E-state index in [0.717, 1.165) is 16.8 Å². The van der Waals surface area contributed by atoms with Crippen LogP contribution in [-0.2, 0) is 0 Å². The van der Waals surface area contributed by atoms with Crippen molar-refractivity contribution in [3.05, 3.63) is 40.2 Å². The minimum absolute atomic E-state index is 0.0268. The van der Waals surface area contributed by atoms with Crippen molar-refractivity contribution in [1.29, 1.82) is 0 Å². The molecule has 6 heteroatoms. The van der Waals surface area contributed by atoms with Crippen LogP contribution in [0.25, 0.3) is 10.8 Å². The number of fused-ring (bicyclic) bond motifs is 1. The number of aromatic nitrogens is 1. The molecule has 0 spiro atoms. The molecule has 2 aromatic rings. The van der Waals surface area contributed by atoms with Crippen molar-refractivity contribution in [2.24, 2.45) is 0 Å². The average Bonchev–Trinajstić information content (AvgIpc) is 2.37. The van der Waals surface area contributed by atoms with E-state index in [4.69, 9.17) is 5.11 Å². The van der Waals surface area contributed by atoms with Crippen molar-refractivity contribution >= 4 is 22.1 Å². The number of hydrogen-bond acceptors (Lipinski definition) is 5. The highest BCUT2D eigenvalue weighted by Gasteiger charge is 2.16. The summed E-state index contributed by atoms with van der Waals surface area (Å²) in [5.74, 6) is 0. The summed E-state index contributed by atoms with van der Waals surface area (Å²) in [7, 11) is 1.84. The second kappa shape index (κ2) is 5.19. The summed E-state index contributed by atoms with van der Waals surface area (Å²) in [6.45, 7) is 2.33. The Morgan fingerprint density at radius 3 is 2.79 bits per heavy atom. The Hall–Kier alpha value is -2.21. The molecule has 0 saturated heterocycles. The molecule has 0 aliphatic heterocycles. The van der Waals surface area contributed by atoms with E-state index in [2.05, 4.69) is 4.98 Å². The summed E-state index contributed by atoms with van der Waals surface area (Å²) < 4.78 is 0. The highest BCUT2D eigenvalue weighted by molar-refractivity contribution is 5.99. The fraction of sp³-hybridized carbons (Fsp3) is 0.308. The van der Waals surface area contributed by atoms with E-state index < -0.39 is 4.92 Å². The van der Waals surface area contributed by atoms with Crippen LogP contribution in [0.1, 0.15) is 5.69 Å². The zero-order chi connectivity index (χ0) is 14.0. The first-order valence-electron chi connectivity index (χ1n) is 5.90. The first-order chi connectivity index (χ1) is 9.04. The molecule has 1 aromatic heterocycles. The molecule has 0 atom stereocenters. The number of hydrogen-bond donors (Lipinski definition) is 1. The number of anilines is 1. The lowest BCUT2D eigenvalue weighted by atomic mass is 10.1. The minimum Gasteiger partial charge on any atom is -0.395 e. The number of likely N-dealkylation sites (N-methyl/N-ethyl adjacent to an activating group) is 1. The Morgan fingerprint density at radius 2 is 2.16 bits per heavy atom. The fourth-order valence-corrected chi connectivity index (χ4v) is 2.08. The van der Waals surface area contributed by atoms with Crippen molar-refractivity contribution in [3.8, 4) is 0 Å². The summed E-state index contributed by atoms with van der Waals surface area (Å²) in [6.07, 6.45) is 1.53. The third-order valence-corrected chi connectivity index (χ3v) is 3.04. The van der Waals surface area contributed by atoms with Gasteiger partial charge in [0.2, 0.25) is 0 Å². The van der Waals surface area contributed by atoms with Crippen molar-refractivity contribution in [2.75, 3.05) is 25.1 Å². The molecule has 0 amide bonds. The predicted molar refractivity (Wildman–Crippen MR) is 73.5 cm³/mol. The molecule has 1 aromatic carbocycles. The lowest BCUT2D eigenvalue weighted by Crippen LogP contribution is -2.21. The number of nitro benzene ring substituents is 1. The van der Waals surface area contributed by atoms with Gasteiger partial charge in [0.15, 0.2) is 0 Å². The molecule has 6 nitrogen and oxygen atoms in total. The van der Waals surface area contributed by atoms with Crippen LogP contribution in [0.2, 0.25) is 0 Å². The molecule has 0 aliphatic rings. The maximum Gasteiger partial charge on any atom is 0.278 e. The zero-order valence-corrected chi connectivity index (χ0v) is 10.8. The Balaban J connectivity index is 2.70. The Kier molecular flexibility index (Phi) is 3.62. The summed E-state index contributed by atoms with van der Waals surface area (Å²) >= 11 is 0. The normalized spacial score (nSPS) is 10.7. The Morgan fingerprint density at radius 1 is 1.42 bits per heavy atom. The number of nitro groups is 1. The number of aryl methyl sites for hydroxylation is 1. The average molecular weight is 261 g/mol. The van der Waals surface area contributed by atoms with E-state index in [9.17, 15) is 10.1 Å². The van der Waals surface area contributed by atoms with Gasteiger partial charge in [-0.25, -0.2) is 0 Å². The van der Waals surface area contributed by atoms with Crippen LogP contribution in [0.4, 0.5) is 11.4 Å². The Labute approximate surface area is 110 Å². The van der Waals surface area contributed by atoms with Crippen LogP contribution in [0.3, 0.4) is 0 Å². The number of nitrogens with zero attached hydrogens (tertiary/aromatic N) is 3. The fourth-order valence-electron chi connectivity index (χ4n) is 2.08. The monoisotopic (exact) mass is 261 g/mol. The third-order valence-electron chi connectivity index (χ3n) is 3.04. The van der Waals surface area contributed by atoms with Gasteiger partial charge in [-0.15, -0.1) is 0 Å². The van der Waals surface area contributed by atoms with Crippen molar-refractivity contribution in [1.82, 2.24) is 4.98 Å². The molecule has 1 heterocycles. The molecule has 1 N–H and O–H groups in total. The second-order valence-electron chi connectivity index (χ2n) is 4.38. The number of aliphatic hydroxyl groups is 1. The van der Waals surface area contributed by atoms with Gasteiger partial charge in [-0.3, -0.25) is 15.1 Å². The van der Waals surface area contributed by atoms with Crippen LogP contribution >= 0.6 is 0 Å². The van der Waals surface area contributed by atoms with Gasteiger partial charge in [0.05, 0.1) is 16.9 Å². The van der Waals surface area contributed by atoms with Gasteiger partial charge in [-0.1, -0.05) is 0 Å². The molecule has 0 aliphatic carbocycles. The molecular formula is C13H15N3O3. The van der Waals surface area contributed by atoms with Crippen LogP contribution in [0.15, 0.2) is 24.4 Å². The Bertz CT molecular complexity index is 628. The number of non-ortho nitro benzene ring substituents is 1. The number of pyridine rings is 1. The molecule has 0 radical (unpaired) electrons. The highest BCUT2D eigenvalue weighted by Crippen LogP contribution is 2.32. The van der Waals surface area contributed by atoms with E-state index in [1.807, 2.05) is 24.9 Å². The van der Waals surface area contributed by atoms with Crippen LogP contribution in [0.5, 0.6) is 0 Å². The smallest absolute Gasteiger partial charge is 0.278 e. The summed E-state index contributed by atoms with van der Waals surface area (Å²) in [5.41, 5.74) is 1.69. The molecule has 0 unspecified atom stereocenters. The van der Waals surface area contributed by atoms with Crippen LogP contribution in [-0.4, -0.2) is 35.2 Å². The lowest BCUT2D eigenvalue weighted by Gasteiger charge is -2.20. The number of rotatable bonds is 4. The quantitative estimate of drug-likeness (QED) is 0.671. The molecule has 2 rings (SSSR count). The van der Waals surface area contributed by atoms with Gasteiger partial charge in [0.25, 0.3) is 5.69 Å². The van der Waals surface area contributed by atoms with Gasteiger partial charge in [0.1, 0.15) is 0 Å². The van der Waals surface area contributed by atoms with Crippen LogP contribution < -0.4 is 4.90 Å². The lowest BCUT2D eigenvalue weighted by molar-refractivity contribution is -0.383. The molecule has 0 fully saturated rings. The van der Waals surface area contributed by atoms with Crippen molar-refractivity contribution in [3.63, 3.8) is 0 Å². The number of benzene rings is 1. The van der Waals surface area contributed by atoms with E-state index >= 15 is 0 Å². The van der Waals surface area contributed by atoms with E-state index in [0.29, 0.717) is 11.9 Å². The third kappa shape index (κ3) is 2.48. The second-order valence-corrected chi connectivity index (χ2v) is 4.38. The van der Waals surface area contributed by atoms with Crippen LogP contribution in [0, 0.1) is 17.0 Å². The van der Waals surface area contributed by atoms with Gasteiger partial charge in [-0.2, -0.15) is 0 Å². The number of aliphatic hydroxyl groups excluding tert-OH is 1. The predicted octanol–water partition coefficient (Wildman–Crippen LogP) is 1.88. The maximum atomic E-state index is 11.0. The first-order valence-corrected chi connectivity index (χ1v) is 5.90. The van der Waals surface area contributed by atoms with Crippen molar-refractivity contribution in [2.45, 2.75) is 6.92 Å². The summed E-state index contributed by atoms with van der Waals surface area (Å²) in [5, 5.41) is 21.3. The maximum absolute atomic E-state index is 11.0. The van der Waals surface area contributed by atoms with E-state index in [-0.39, 0.29) is 12.3 Å². The molecule has 0 bridgehead atoms. The standard InChI is InChI=1S/C13H15N3O3/c1-9-7-10-11(8-14-9)13(16(18)19)4-3-12(10)15(2)5-6-17/h3-4,7-8,17H,5-6H2,1-2H3. The minimum atomic E-state index is -0.408. The van der Waals surface area contributed by atoms with E-state index in [1.165, 1.54) is 12.3 Å². The van der Waals surface area contributed by atoms with Gasteiger partial charge < -0.3 is 10.0 Å². The SMILES string of the molecule is Cc1cc2c(N(C)CCO)ccc([N+](=O)[O-])c2cn1. The van der Waals surface area contributed by atoms with Crippen molar-refractivity contribution < 1.29 is 10.0 Å². The molecule has 100 valence electrons. The summed E-state index contributed by atoms with van der Waals surface area (Å²) in [4.78, 5) is 16.6. The zero-order valence-electron chi connectivity index (χ0n) is 10.8. The molecule has 19 heavy (non-hydrogen) atoms. The largest absolute Gasteiger partial charge is 0.395 e.